The fourth-order valence-electron chi connectivity index (χ4n) is 2.87. The Hall–Kier alpha value is -1.40. The summed E-state index contributed by atoms with van der Waals surface area (Å²) in [5.74, 6) is -1.12. The number of ether oxygens (including phenoxy) is 1. The van der Waals surface area contributed by atoms with Gasteiger partial charge in [-0.3, -0.25) is 0 Å². The zero-order valence-corrected chi connectivity index (χ0v) is 15.2. The summed E-state index contributed by atoms with van der Waals surface area (Å²) in [5.41, 5.74) is 0.514. The molecule has 0 bridgehead atoms. The largest absolute Gasteiger partial charge is 0.463 e. The molecule has 0 radical (unpaired) electrons. The third kappa shape index (κ3) is 3.81. The highest BCUT2D eigenvalue weighted by Crippen LogP contribution is 2.36. The van der Waals surface area contributed by atoms with E-state index in [-0.39, 0.29) is 17.2 Å². The van der Waals surface area contributed by atoms with Crippen LogP contribution in [0.15, 0.2) is 29.8 Å². The van der Waals surface area contributed by atoms with Gasteiger partial charge in [-0.25, -0.2) is 17.6 Å². The van der Waals surface area contributed by atoms with Crippen LogP contribution in [0.2, 0.25) is 5.02 Å². The molecule has 24 heavy (non-hydrogen) atoms. The van der Waals surface area contributed by atoms with Crippen molar-refractivity contribution in [3.63, 3.8) is 0 Å². The van der Waals surface area contributed by atoms with Crippen LogP contribution in [0, 0.1) is 5.82 Å². The molecule has 0 aliphatic heterocycles. The second-order valence-corrected chi connectivity index (χ2v) is 8.56. The number of allylic oxidation sites excluding steroid dienone is 1. The average molecular weight is 375 g/mol. The molecule has 0 saturated carbocycles. The van der Waals surface area contributed by atoms with E-state index in [0.29, 0.717) is 24.8 Å². The minimum atomic E-state index is -3.74. The monoisotopic (exact) mass is 374 g/mol. The summed E-state index contributed by atoms with van der Waals surface area (Å²) >= 11 is 6.01. The first-order chi connectivity index (χ1) is 11.3. The Morgan fingerprint density at radius 2 is 2.17 bits per heavy atom. The second-order valence-electron chi connectivity index (χ2n) is 5.70. The molecule has 0 saturated heterocycles. The van der Waals surface area contributed by atoms with E-state index in [2.05, 4.69) is 0 Å². The Labute approximate surface area is 146 Å². The maximum atomic E-state index is 13.2. The van der Waals surface area contributed by atoms with Gasteiger partial charge < -0.3 is 4.74 Å². The van der Waals surface area contributed by atoms with Gasteiger partial charge in [0.1, 0.15) is 5.82 Å². The molecule has 4 nitrogen and oxygen atoms in total. The second kappa shape index (κ2) is 7.66. The van der Waals surface area contributed by atoms with E-state index in [1.807, 2.05) is 0 Å². The Morgan fingerprint density at radius 3 is 2.79 bits per heavy atom. The summed E-state index contributed by atoms with van der Waals surface area (Å²) in [6, 6.07) is 3.64. The van der Waals surface area contributed by atoms with Crippen molar-refractivity contribution in [2.24, 2.45) is 0 Å². The van der Waals surface area contributed by atoms with E-state index in [1.165, 1.54) is 19.1 Å². The normalized spacial score (nSPS) is 19.5. The van der Waals surface area contributed by atoms with E-state index in [1.54, 1.807) is 13.0 Å². The van der Waals surface area contributed by atoms with Crippen molar-refractivity contribution in [1.29, 1.82) is 0 Å². The topological polar surface area (TPSA) is 60.4 Å². The van der Waals surface area contributed by atoms with Gasteiger partial charge in [0.15, 0.2) is 9.84 Å². The fraction of sp³-hybridized carbons (Fsp3) is 0.471. The number of sulfone groups is 1. The molecule has 0 aromatic heterocycles. The first-order valence-corrected chi connectivity index (χ1v) is 9.82. The minimum Gasteiger partial charge on any atom is -0.463 e. The maximum absolute atomic E-state index is 13.2. The zero-order valence-electron chi connectivity index (χ0n) is 13.6. The van der Waals surface area contributed by atoms with Crippen LogP contribution in [0.4, 0.5) is 4.39 Å². The van der Waals surface area contributed by atoms with E-state index >= 15 is 0 Å². The highest BCUT2D eigenvalue weighted by Gasteiger charge is 2.39. The lowest BCUT2D eigenvalue weighted by atomic mass is 9.99. The van der Waals surface area contributed by atoms with Crippen LogP contribution in [-0.2, 0) is 19.4 Å². The third-order valence-electron chi connectivity index (χ3n) is 4.18. The van der Waals surface area contributed by atoms with Gasteiger partial charge in [-0.05, 0) is 50.8 Å². The first kappa shape index (κ1) is 18.9. The van der Waals surface area contributed by atoms with Crippen LogP contribution in [-0.4, -0.2) is 26.2 Å². The van der Waals surface area contributed by atoms with Gasteiger partial charge in [-0.1, -0.05) is 23.7 Å². The quantitative estimate of drug-likeness (QED) is 0.731. The number of halogens is 2. The Balaban J connectivity index is 2.38. The summed E-state index contributed by atoms with van der Waals surface area (Å²) in [6.45, 7) is 3.36. The van der Waals surface area contributed by atoms with Gasteiger partial charge in [0.25, 0.3) is 0 Å². The van der Waals surface area contributed by atoms with Crippen molar-refractivity contribution >= 4 is 27.4 Å². The molecule has 0 heterocycles. The zero-order chi connectivity index (χ0) is 17.9. The molecule has 7 heteroatoms. The summed E-state index contributed by atoms with van der Waals surface area (Å²) in [4.78, 5) is 12.1. The van der Waals surface area contributed by atoms with Gasteiger partial charge in [0.05, 0.1) is 22.7 Å². The minimum absolute atomic E-state index is 0.0588. The molecule has 0 spiro atoms. The lowest BCUT2D eigenvalue weighted by Crippen LogP contribution is -2.33. The van der Waals surface area contributed by atoms with Crippen LogP contribution in [0.1, 0.15) is 43.9 Å². The summed E-state index contributed by atoms with van der Waals surface area (Å²) in [7, 11) is -3.74. The van der Waals surface area contributed by atoms with Crippen molar-refractivity contribution in [3.05, 3.63) is 46.3 Å². The van der Waals surface area contributed by atoms with Gasteiger partial charge in [0.2, 0.25) is 0 Å². The lowest BCUT2D eigenvalue weighted by Gasteiger charge is -2.26. The van der Waals surface area contributed by atoms with Crippen molar-refractivity contribution in [2.45, 2.75) is 43.6 Å². The molecular formula is C17H20ClFO4S. The van der Waals surface area contributed by atoms with E-state index in [0.717, 1.165) is 6.07 Å². The molecule has 2 atom stereocenters. The van der Waals surface area contributed by atoms with E-state index in [4.69, 9.17) is 16.3 Å². The number of carbonyl (C=O) groups is 1. The smallest absolute Gasteiger partial charge is 0.335 e. The third-order valence-corrected chi connectivity index (χ3v) is 7.03. The molecule has 0 fully saturated rings. The number of hydrogen-bond acceptors (Lipinski definition) is 4. The van der Waals surface area contributed by atoms with Gasteiger partial charge in [-0.2, -0.15) is 0 Å². The fourth-order valence-corrected chi connectivity index (χ4v) is 5.36. The summed E-state index contributed by atoms with van der Waals surface area (Å²) in [5, 5.41) is -1.82. The molecule has 1 aromatic carbocycles. The van der Waals surface area contributed by atoms with Crippen LogP contribution >= 0.6 is 11.6 Å². The van der Waals surface area contributed by atoms with Crippen molar-refractivity contribution in [2.75, 3.05) is 6.61 Å². The average Bonchev–Trinajstić information content (AvgIpc) is 2.54. The first-order valence-electron chi connectivity index (χ1n) is 7.83. The predicted octanol–water partition coefficient (Wildman–Crippen LogP) is 4.00. The molecular weight excluding hydrogens is 355 g/mol. The number of hydrogen-bond donors (Lipinski definition) is 0. The number of carbonyl (C=O) groups excluding carboxylic acids is 1. The van der Waals surface area contributed by atoms with Crippen molar-refractivity contribution < 1.29 is 22.3 Å². The van der Waals surface area contributed by atoms with E-state index < -0.39 is 32.1 Å². The number of benzene rings is 1. The lowest BCUT2D eigenvalue weighted by molar-refractivity contribution is -0.138. The molecule has 0 amide bonds. The van der Waals surface area contributed by atoms with Crippen LogP contribution in [0.25, 0.3) is 0 Å². The van der Waals surface area contributed by atoms with Crippen LogP contribution in [0.3, 0.4) is 0 Å². The Morgan fingerprint density at radius 1 is 1.46 bits per heavy atom. The Kier molecular flexibility index (Phi) is 6.04. The highest BCUT2D eigenvalue weighted by atomic mass is 35.5. The summed E-state index contributed by atoms with van der Waals surface area (Å²) in [6.07, 6.45) is 3.32. The van der Waals surface area contributed by atoms with Gasteiger partial charge >= 0.3 is 5.97 Å². The molecule has 132 valence electrons. The van der Waals surface area contributed by atoms with Gasteiger partial charge in [0, 0.05) is 5.02 Å². The van der Waals surface area contributed by atoms with E-state index in [9.17, 15) is 17.6 Å². The molecule has 2 unspecified atom stereocenters. The standard InChI is InChI=1S/C17H20ClFO4S/c1-3-23-17(20)14-6-4-5-7-16(14)24(21,22)11(2)13-9-8-12(19)10-15(13)18/h6,8-11,16H,3-5,7H2,1-2H3. The number of esters is 1. The maximum Gasteiger partial charge on any atom is 0.335 e. The molecule has 1 aliphatic rings. The van der Waals surface area contributed by atoms with Crippen molar-refractivity contribution in [3.8, 4) is 0 Å². The van der Waals surface area contributed by atoms with Crippen LogP contribution < -0.4 is 0 Å². The predicted molar refractivity (Wildman–Crippen MR) is 91.1 cm³/mol. The molecule has 0 N–H and O–H groups in total. The molecule has 1 aliphatic carbocycles. The SMILES string of the molecule is CCOC(=O)C1=CCCCC1S(=O)(=O)C(C)c1ccc(F)cc1Cl. The van der Waals surface area contributed by atoms with Crippen molar-refractivity contribution in [1.82, 2.24) is 0 Å². The molecule has 1 aromatic rings. The molecule has 2 rings (SSSR count). The highest BCUT2D eigenvalue weighted by molar-refractivity contribution is 7.92. The van der Waals surface area contributed by atoms with Gasteiger partial charge in [-0.15, -0.1) is 0 Å². The summed E-state index contributed by atoms with van der Waals surface area (Å²) < 4.78 is 44.3. The number of rotatable bonds is 5. The Bertz CT molecular complexity index is 758. The van der Waals surface area contributed by atoms with Crippen LogP contribution in [0.5, 0.6) is 0 Å².